The number of hydrogen-bond acceptors (Lipinski definition) is 5. The summed E-state index contributed by atoms with van der Waals surface area (Å²) in [6.07, 6.45) is 0. The zero-order valence-corrected chi connectivity index (χ0v) is 11.8. The molecule has 0 aliphatic heterocycles. The molecule has 0 aliphatic rings. The maximum atomic E-state index is 10.7. The number of nitro benzene ring substituents is 1. The molecule has 1 aromatic heterocycles. The Bertz CT molecular complexity index is 600. The molecule has 0 saturated carbocycles. The number of rotatable bonds is 5. The minimum Gasteiger partial charge on any atom is -0.308 e. The van der Waals surface area contributed by atoms with E-state index in [1.54, 1.807) is 22.9 Å². The third-order valence-electron chi connectivity index (χ3n) is 2.69. The predicted octanol–water partition coefficient (Wildman–Crippen LogP) is 3.30. The molecule has 100 valence electrons. The first-order valence-electron chi connectivity index (χ1n) is 5.60. The summed E-state index contributed by atoms with van der Waals surface area (Å²) in [4.78, 5) is 15.6. The van der Waals surface area contributed by atoms with Crippen LogP contribution in [0.15, 0.2) is 23.7 Å². The zero-order valence-electron chi connectivity index (χ0n) is 10.2. The van der Waals surface area contributed by atoms with E-state index in [0.29, 0.717) is 18.1 Å². The number of aryl methyl sites for hydroxylation is 1. The van der Waals surface area contributed by atoms with Crippen molar-refractivity contribution in [2.24, 2.45) is 0 Å². The summed E-state index contributed by atoms with van der Waals surface area (Å²) >= 11 is 7.60. The third kappa shape index (κ3) is 3.50. The van der Waals surface area contributed by atoms with Gasteiger partial charge in [-0.2, -0.15) is 0 Å². The van der Waals surface area contributed by atoms with E-state index in [1.165, 1.54) is 12.1 Å². The van der Waals surface area contributed by atoms with Gasteiger partial charge in [-0.15, -0.1) is 11.3 Å². The Hall–Kier alpha value is -1.50. The van der Waals surface area contributed by atoms with Crippen LogP contribution in [0.2, 0.25) is 5.02 Å². The summed E-state index contributed by atoms with van der Waals surface area (Å²) in [6.45, 7) is 3.11. The van der Waals surface area contributed by atoms with Gasteiger partial charge in [0.05, 0.1) is 16.1 Å². The summed E-state index contributed by atoms with van der Waals surface area (Å²) in [5, 5.41) is 14.4. The highest BCUT2D eigenvalue weighted by atomic mass is 35.5. The number of nitro groups is 1. The molecule has 7 heteroatoms. The van der Waals surface area contributed by atoms with Crippen LogP contribution >= 0.6 is 22.9 Å². The van der Waals surface area contributed by atoms with Crippen molar-refractivity contribution in [1.82, 2.24) is 10.3 Å². The Balaban J connectivity index is 2.01. The lowest BCUT2D eigenvalue weighted by molar-refractivity contribution is -0.384. The van der Waals surface area contributed by atoms with Gasteiger partial charge in [0.25, 0.3) is 5.69 Å². The lowest BCUT2D eigenvalue weighted by Gasteiger charge is -2.06. The minimum absolute atomic E-state index is 0.0511. The van der Waals surface area contributed by atoms with Crippen molar-refractivity contribution < 1.29 is 4.92 Å². The third-order valence-corrected chi connectivity index (χ3v) is 3.99. The molecule has 1 heterocycles. The van der Waals surface area contributed by atoms with Gasteiger partial charge in [0, 0.05) is 35.1 Å². The molecule has 0 bridgehead atoms. The average Bonchev–Trinajstić information content (AvgIpc) is 2.77. The predicted molar refractivity (Wildman–Crippen MR) is 75.5 cm³/mol. The van der Waals surface area contributed by atoms with E-state index in [9.17, 15) is 10.1 Å². The second-order valence-corrected chi connectivity index (χ2v) is 5.34. The molecule has 19 heavy (non-hydrogen) atoms. The fourth-order valence-electron chi connectivity index (χ4n) is 1.62. The second-order valence-electron chi connectivity index (χ2n) is 4.00. The molecule has 2 aromatic rings. The van der Waals surface area contributed by atoms with Crippen molar-refractivity contribution in [1.29, 1.82) is 0 Å². The number of thiazole rings is 1. The van der Waals surface area contributed by atoms with E-state index in [4.69, 9.17) is 11.6 Å². The van der Waals surface area contributed by atoms with Crippen LogP contribution in [-0.2, 0) is 13.1 Å². The molecule has 0 aliphatic carbocycles. The van der Waals surface area contributed by atoms with E-state index in [1.807, 2.05) is 6.92 Å². The lowest BCUT2D eigenvalue weighted by atomic mass is 10.2. The Morgan fingerprint density at radius 2 is 2.26 bits per heavy atom. The number of hydrogen-bond donors (Lipinski definition) is 1. The van der Waals surface area contributed by atoms with E-state index >= 15 is 0 Å². The molecule has 2 rings (SSSR count). The maximum absolute atomic E-state index is 10.7. The Morgan fingerprint density at radius 1 is 1.47 bits per heavy atom. The number of benzene rings is 1. The molecule has 0 atom stereocenters. The quantitative estimate of drug-likeness (QED) is 0.679. The SMILES string of the molecule is Cc1ncsc1CNCc1cc([N+](=O)[O-])ccc1Cl. The first-order chi connectivity index (χ1) is 9.08. The number of non-ortho nitro benzene ring substituents is 1. The number of nitrogens with one attached hydrogen (secondary N) is 1. The fraction of sp³-hybridized carbons (Fsp3) is 0.250. The van der Waals surface area contributed by atoms with Gasteiger partial charge in [-0.3, -0.25) is 10.1 Å². The highest BCUT2D eigenvalue weighted by Gasteiger charge is 2.09. The van der Waals surface area contributed by atoms with Crippen LogP contribution < -0.4 is 5.32 Å². The van der Waals surface area contributed by atoms with E-state index in [-0.39, 0.29) is 5.69 Å². The summed E-state index contributed by atoms with van der Waals surface area (Å²) in [7, 11) is 0. The second kappa shape index (κ2) is 6.10. The molecule has 0 fully saturated rings. The van der Waals surface area contributed by atoms with Gasteiger partial charge >= 0.3 is 0 Å². The van der Waals surface area contributed by atoms with Gasteiger partial charge in [0.15, 0.2) is 0 Å². The first-order valence-corrected chi connectivity index (χ1v) is 6.86. The molecule has 0 saturated heterocycles. The number of aromatic nitrogens is 1. The Kier molecular flexibility index (Phi) is 4.47. The van der Waals surface area contributed by atoms with E-state index < -0.39 is 4.92 Å². The monoisotopic (exact) mass is 297 g/mol. The molecule has 1 N–H and O–H groups in total. The highest BCUT2D eigenvalue weighted by Crippen LogP contribution is 2.22. The molecule has 0 radical (unpaired) electrons. The van der Waals surface area contributed by atoms with E-state index in [2.05, 4.69) is 10.3 Å². The van der Waals surface area contributed by atoms with Crippen LogP contribution in [-0.4, -0.2) is 9.91 Å². The average molecular weight is 298 g/mol. The van der Waals surface area contributed by atoms with Gasteiger partial charge in [-0.25, -0.2) is 4.98 Å². The molecule has 1 aromatic carbocycles. The molecular formula is C12H12ClN3O2S. The van der Waals surface area contributed by atoms with Crippen LogP contribution in [0.4, 0.5) is 5.69 Å². The van der Waals surface area contributed by atoms with Crippen LogP contribution in [0.25, 0.3) is 0 Å². The first kappa shape index (κ1) is 13.9. The van der Waals surface area contributed by atoms with Gasteiger partial charge < -0.3 is 5.32 Å². The van der Waals surface area contributed by atoms with Gasteiger partial charge in [-0.1, -0.05) is 11.6 Å². The van der Waals surface area contributed by atoms with Gasteiger partial charge in [-0.05, 0) is 18.6 Å². The molecular weight excluding hydrogens is 286 g/mol. The van der Waals surface area contributed by atoms with Crippen molar-refractivity contribution in [2.45, 2.75) is 20.0 Å². The maximum Gasteiger partial charge on any atom is 0.269 e. The normalized spacial score (nSPS) is 10.6. The Morgan fingerprint density at radius 3 is 2.89 bits per heavy atom. The van der Waals surface area contributed by atoms with Crippen LogP contribution in [0.5, 0.6) is 0 Å². The lowest BCUT2D eigenvalue weighted by Crippen LogP contribution is -2.13. The Labute approximate surface area is 119 Å². The standard InChI is InChI=1S/C12H12ClN3O2S/c1-8-12(19-7-15-8)6-14-5-9-4-10(16(17)18)2-3-11(9)13/h2-4,7,14H,5-6H2,1H3. The largest absolute Gasteiger partial charge is 0.308 e. The number of nitrogens with zero attached hydrogens (tertiary/aromatic N) is 2. The van der Waals surface area contributed by atoms with Gasteiger partial charge in [0.2, 0.25) is 0 Å². The summed E-state index contributed by atoms with van der Waals surface area (Å²) in [6, 6.07) is 4.45. The van der Waals surface area contributed by atoms with Crippen molar-refractivity contribution in [3.63, 3.8) is 0 Å². The van der Waals surface area contributed by atoms with E-state index in [0.717, 1.165) is 16.1 Å². The van der Waals surface area contributed by atoms with Crippen LogP contribution in [0.1, 0.15) is 16.1 Å². The molecule has 5 nitrogen and oxygen atoms in total. The topological polar surface area (TPSA) is 68.1 Å². The summed E-state index contributed by atoms with van der Waals surface area (Å²) in [5.74, 6) is 0. The highest BCUT2D eigenvalue weighted by molar-refractivity contribution is 7.09. The molecule has 0 unspecified atom stereocenters. The zero-order chi connectivity index (χ0) is 13.8. The van der Waals surface area contributed by atoms with Crippen LogP contribution in [0.3, 0.4) is 0 Å². The summed E-state index contributed by atoms with van der Waals surface area (Å²) < 4.78 is 0. The van der Waals surface area contributed by atoms with Crippen LogP contribution in [0, 0.1) is 17.0 Å². The van der Waals surface area contributed by atoms with Crippen molar-refractivity contribution in [2.75, 3.05) is 0 Å². The summed E-state index contributed by atoms with van der Waals surface area (Å²) in [5.41, 5.74) is 3.57. The van der Waals surface area contributed by atoms with Crippen molar-refractivity contribution in [3.05, 3.63) is 55.0 Å². The van der Waals surface area contributed by atoms with Gasteiger partial charge in [0.1, 0.15) is 0 Å². The number of halogens is 1. The molecule has 0 spiro atoms. The molecule has 0 amide bonds. The van der Waals surface area contributed by atoms with Crippen molar-refractivity contribution >= 4 is 28.6 Å². The van der Waals surface area contributed by atoms with Crippen molar-refractivity contribution in [3.8, 4) is 0 Å². The minimum atomic E-state index is -0.423. The fourth-order valence-corrected chi connectivity index (χ4v) is 2.55. The smallest absolute Gasteiger partial charge is 0.269 e.